The minimum Gasteiger partial charge on any atom is -0.456 e. The molecule has 0 bridgehead atoms. The van der Waals surface area contributed by atoms with E-state index in [9.17, 15) is 0 Å². The van der Waals surface area contributed by atoms with Gasteiger partial charge in [0.05, 0.1) is 0 Å². The van der Waals surface area contributed by atoms with Crippen LogP contribution in [0.15, 0.2) is 71.1 Å². The summed E-state index contributed by atoms with van der Waals surface area (Å²) in [6.07, 6.45) is 0. The molecule has 3 aromatic carbocycles. The van der Waals surface area contributed by atoms with Crippen LogP contribution < -0.4 is 0 Å². The maximum atomic E-state index is 6.27. The number of hydrogen-bond donors (Lipinski definition) is 0. The second-order valence-corrected chi connectivity index (χ2v) is 7.08. The van der Waals surface area contributed by atoms with Gasteiger partial charge in [-0.15, -0.1) is 0 Å². The summed E-state index contributed by atoms with van der Waals surface area (Å²) in [5.74, 6) is 0. The Hall–Kier alpha value is -2.54. The van der Waals surface area contributed by atoms with Crippen molar-refractivity contribution in [2.24, 2.45) is 0 Å². The molecule has 1 heterocycles. The van der Waals surface area contributed by atoms with Gasteiger partial charge in [-0.2, -0.15) is 0 Å². The summed E-state index contributed by atoms with van der Waals surface area (Å²) in [5, 5.41) is 2.39. The number of rotatable bonds is 1. The molecule has 0 aliphatic rings. The Bertz CT molecular complexity index is 985. The summed E-state index contributed by atoms with van der Waals surface area (Å²) in [6.45, 7) is 6.75. The fourth-order valence-corrected chi connectivity index (χ4v) is 3.39. The first-order valence-corrected chi connectivity index (χ1v) is 8.06. The van der Waals surface area contributed by atoms with Crippen molar-refractivity contribution in [1.82, 2.24) is 0 Å². The molecule has 1 aromatic heterocycles. The molecule has 0 saturated heterocycles. The summed E-state index contributed by atoms with van der Waals surface area (Å²) in [5.41, 5.74) is 5.73. The monoisotopic (exact) mass is 300 g/mol. The fraction of sp³-hybridized carbons (Fsp3) is 0.182. The molecule has 0 radical (unpaired) electrons. The smallest absolute Gasteiger partial charge is 0.139 e. The van der Waals surface area contributed by atoms with E-state index in [1.54, 1.807) is 0 Å². The molecule has 0 unspecified atom stereocenters. The molecule has 0 amide bonds. The SMILES string of the molecule is CC(C)(C)c1c(-c2ccccc2)ccc2c1oc1ccccc12. The van der Waals surface area contributed by atoms with Crippen LogP contribution in [0.1, 0.15) is 26.3 Å². The van der Waals surface area contributed by atoms with E-state index in [0.29, 0.717) is 0 Å². The third-order valence-electron chi connectivity index (χ3n) is 4.38. The van der Waals surface area contributed by atoms with Crippen LogP contribution in [0, 0.1) is 0 Å². The second-order valence-electron chi connectivity index (χ2n) is 7.08. The van der Waals surface area contributed by atoms with E-state index in [4.69, 9.17) is 4.42 Å². The Balaban J connectivity index is 2.14. The van der Waals surface area contributed by atoms with Crippen molar-refractivity contribution >= 4 is 21.9 Å². The zero-order chi connectivity index (χ0) is 16.0. The highest BCUT2D eigenvalue weighted by Crippen LogP contribution is 2.41. The highest BCUT2D eigenvalue weighted by Gasteiger charge is 2.25. The lowest BCUT2D eigenvalue weighted by Crippen LogP contribution is -2.13. The molecule has 4 aromatic rings. The topological polar surface area (TPSA) is 13.1 Å². The minimum absolute atomic E-state index is 0.00143. The largest absolute Gasteiger partial charge is 0.456 e. The van der Waals surface area contributed by atoms with Crippen LogP contribution in [-0.2, 0) is 5.41 Å². The molecule has 114 valence electrons. The summed E-state index contributed by atoms with van der Waals surface area (Å²) in [4.78, 5) is 0. The molecular weight excluding hydrogens is 280 g/mol. The molecule has 0 aliphatic carbocycles. The number of para-hydroxylation sites is 1. The molecule has 1 heteroatoms. The molecule has 1 nitrogen and oxygen atoms in total. The summed E-state index contributed by atoms with van der Waals surface area (Å²) < 4.78 is 6.27. The lowest BCUT2D eigenvalue weighted by Gasteiger charge is -2.23. The van der Waals surface area contributed by atoms with Crippen LogP contribution >= 0.6 is 0 Å². The zero-order valence-electron chi connectivity index (χ0n) is 13.8. The molecule has 0 spiro atoms. The zero-order valence-corrected chi connectivity index (χ0v) is 13.8. The van der Waals surface area contributed by atoms with E-state index in [1.807, 2.05) is 12.1 Å². The summed E-state index contributed by atoms with van der Waals surface area (Å²) in [6, 6.07) is 23.3. The van der Waals surface area contributed by atoms with Gasteiger partial charge in [0.2, 0.25) is 0 Å². The first-order valence-electron chi connectivity index (χ1n) is 8.06. The van der Waals surface area contributed by atoms with Gasteiger partial charge in [0.25, 0.3) is 0 Å². The Morgan fingerprint density at radius 2 is 1.39 bits per heavy atom. The van der Waals surface area contributed by atoms with Gasteiger partial charge in [0.1, 0.15) is 11.2 Å². The van der Waals surface area contributed by atoms with Crippen LogP contribution in [0.3, 0.4) is 0 Å². The van der Waals surface area contributed by atoms with Gasteiger partial charge in [0.15, 0.2) is 0 Å². The van der Waals surface area contributed by atoms with Crippen molar-refractivity contribution in [3.05, 3.63) is 72.3 Å². The molecule has 0 N–H and O–H groups in total. The summed E-state index contributed by atoms with van der Waals surface area (Å²) in [7, 11) is 0. The van der Waals surface area contributed by atoms with Gasteiger partial charge < -0.3 is 4.42 Å². The average Bonchev–Trinajstić information content (AvgIpc) is 2.92. The van der Waals surface area contributed by atoms with Crippen molar-refractivity contribution < 1.29 is 4.42 Å². The minimum atomic E-state index is -0.00143. The molecule has 23 heavy (non-hydrogen) atoms. The fourth-order valence-electron chi connectivity index (χ4n) is 3.39. The van der Waals surface area contributed by atoms with Gasteiger partial charge in [-0.3, -0.25) is 0 Å². The molecule has 4 rings (SSSR count). The van der Waals surface area contributed by atoms with E-state index in [1.165, 1.54) is 27.5 Å². The maximum absolute atomic E-state index is 6.27. The second kappa shape index (κ2) is 4.99. The number of fused-ring (bicyclic) bond motifs is 3. The molecule has 0 aliphatic heterocycles. The van der Waals surface area contributed by atoms with Crippen LogP contribution in [0.4, 0.5) is 0 Å². The van der Waals surface area contributed by atoms with Gasteiger partial charge in [0, 0.05) is 16.3 Å². The lowest BCUT2D eigenvalue weighted by molar-refractivity contribution is 0.574. The van der Waals surface area contributed by atoms with Gasteiger partial charge in [-0.05, 0) is 28.7 Å². The molecular formula is C22H20O. The molecule has 0 saturated carbocycles. The van der Waals surface area contributed by atoms with Crippen LogP contribution in [0.5, 0.6) is 0 Å². The van der Waals surface area contributed by atoms with Crippen LogP contribution in [0.2, 0.25) is 0 Å². The Labute approximate surface area is 136 Å². The van der Waals surface area contributed by atoms with Gasteiger partial charge in [-0.1, -0.05) is 75.4 Å². The van der Waals surface area contributed by atoms with Crippen molar-refractivity contribution in [3.63, 3.8) is 0 Å². The predicted molar refractivity (Wildman–Crippen MR) is 97.9 cm³/mol. The first kappa shape index (κ1) is 14.1. The predicted octanol–water partition coefficient (Wildman–Crippen LogP) is 6.55. The average molecular weight is 300 g/mol. The molecule has 0 atom stereocenters. The van der Waals surface area contributed by atoms with Crippen LogP contribution in [0.25, 0.3) is 33.1 Å². The highest BCUT2D eigenvalue weighted by atomic mass is 16.3. The van der Waals surface area contributed by atoms with E-state index >= 15 is 0 Å². The van der Waals surface area contributed by atoms with E-state index in [0.717, 1.165) is 11.2 Å². The third kappa shape index (κ3) is 2.24. The normalized spacial score (nSPS) is 12.1. The molecule has 0 fully saturated rings. The Morgan fingerprint density at radius 3 is 2.13 bits per heavy atom. The van der Waals surface area contributed by atoms with Gasteiger partial charge in [-0.25, -0.2) is 0 Å². The third-order valence-corrected chi connectivity index (χ3v) is 4.38. The van der Waals surface area contributed by atoms with Crippen molar-refractivity contribution in [3.8, 4) is 11.1 Å². The van der Waals surface area contributed by atoms with Crippen molar-refractivity contribution in [2.45, 2.75) is 26.2 Å². The lowest BCUT2D eigenvalue weighted by atomic mass is 9.80. The Morgan fingerprint density at radius 1 is 0.696 bits per heavy atom. The van der Waals surface area contributed by atoms with E-state index in [-0.39, 0.29) is 5.41 Å². The van der Waals surface area contributed by atoms with Gasteiger partial charge >= 0.3 is 0 Å². The standard InChI is InChI=1S/C22H20O/c1-22(2,3)20-16(15-9-5-4-6-10-15)13-14-18-17-11-7-8-12-19(17)23-21(18)20/h4-14H,1-3H3. The maximum Gasteiger partial charge on any atom is 0.139 e. The number of furan rings is 1. The van der Waals surface area contributed by atoms with Crippen LogP contribution in [-0.4, -0.2) is 0 Å². The van der Waals surface area contributed by atoms with E-state index in [2.05, 4.69) is 75.4 Å². The van der Waals surface area contributed by atoms with Crippen molar-refractivity contribution in [2.75, 3.05) is 0 Å². The van der Waals surface area contributed by atoms with E-state index < -0.39 is 0 Å². The summed E-state index contributed by atoms with van der Waals surface area (Å²) >= 11 is 0. The quantitative estimate of drug-likeness (QED) is 0.388. The van der Waals surface area contributed by atoms with Crippen molar-refractivity contribution in [1.29, 1.82) is 0 Å². The Kier molecular flexibility index (Phi) is 3.05. The highest BCUT2D eigenvalue weighted by molar-refractivity contribution is 6.07. The number of benzene rings is 3. The first-order chi connectivity index (χ1) is 11.1. The number of hydrogen-bond acceptors (Lipinski definition) is 1.